The summed E-state index contributed by atoms with van der Waals surface area (Å²) < 4.78 is 11.7. The highest BCUT2D eigenvalue weighted by atomic mass is 79.9. The molecule has 4 aromatic rings. The molecule has 0 amide bonds. The highest BCUT2D eigenvalue weighted by Gasteiger charge is 2.12. The first-order valence-electron chi connectivity index (χ1n) is 8.32. The lowest BCUT2D eigenvalue weighted by Gasteiger charge is -2.07. The quantitative estimate of drug-likeness (QED) is 0.361. The highest BCUT2D eigenvalue weighted by Crippen LogP contribution is 2.35. The maximum atomic E-state index is 10.3. The molecule has 7 heteroatoms. The summed E-state index contributed by atoms with van der Waals surface area (Å²) in [5, 5.41) is 10.9. The highest BCUT2D eigenvalue weighted by molar-refractivity contribution is 9.10. The molecule has 28 heavy (non-hydrogen) atoms. The Labute approximate surface area is 174 Å². The number of aromatic hydroxyl groups is 1. The predicted octanol–water partition coefficient (Wildman–Crippen LogP) is 6.38. The molecule has 4 rings (SSSR count). The third kappa shape index (κ3) is 3.48. The van der Waals surface area contributed by atoms with Gasteiger partial charge in [0.2, 0.25) is 5.89 Å². The zero-order valence-corrected chi connectivity index (χ0v) is 17.0. The van der Waals surface area contributed by atoms with E-state index in [1.165, 1.54) is 7.11 Å². The van der Waals surface area contributed by atoms with Crippen molar-refractivity contribution in [2.75, 3.05) is 7.11 Å². The Morgan fingerprint density at radius 2 is 2.00 bits per heavy atom. The van der Waals surface area contributed by atoms with Crippen molar-refractivity contribution in [2.24, 2.45) is 4.99 Å². The summed E-state index contributed by atoms with van der Waals surface area (Å²) in [4.78, 5) is 8.96. The number of oxazole rings is 1. The van der Waals surface area contributed by atoms with Gasteiger partial charge in [-0.25, -0.2) is 4.98 Å². The second kappa shape index (κ2) is 7.66. The van der Waals surface area contributed by atoms with Crippen molar-refractivity contribution in [3.63, 3.8) is 0 Å². The minimum absolute atomic E-state index is 0.0177. The lowest BCUT2D eigenvalue weighted by Crippen LogP contribution is -1.90. The number of ether oxygens (including phenoxy) is 1. The van der Waals surface area contributed by atoms with Crippen LogP contribution >= 0.6 is 27.5 Å². The molecule has 0 bridgehead atoms. The van der Waals surface area contributed by atoms with Crippen LogP contribution in [0.5, 0.6) is 11.5 Å². The minimum atomic E-state index is 0.0177. The summed E-state index contributed by atoms with van der Waals surface area (Å²) in [7, 11) is 1.50. The van der Waals surface area contributed by atoms with E-state index in [0.29, 0.717) is 43.5 Å². The second-order valence-corrected chi connectivity index (χ2v) is 7.18. The molecule has 0 fully saturated rings. The van der Waals surface area contributed by atoms with E-state index in [1.807, 2.05) is 24.3 Å². The van der Waals surface area contributed by atoms with Crippen molar-refractivity contribution < 1.29 is 14.3 Å². The van der Waals surface area contributed by atoms with Crippen LogP contribution in [0.15, 0.2) is 68.5 Å². The van der Waals surface area contributed by atoms with Crippen molar-refractivity contribution in [1.29, 1.82) is 0 Å². The normalized spacial score (nSPS) is 11.4. The molecule has 0 radical (unpaired) electrons. The van der Waals surface area contributed by atoms with Crippen LogP contribution in [0, 0.1) is 0 Å². The number of aliphatic imine (C=N–C) groups is 1. The van der Waals surface area contributed by atoms with Crippen LogP contribution in [-0.4, -0.2) is 23.4 Å². The first-order valence-corrected chi connectivity index (χ1v) is 9.49. The smallest absolute Gasteiger partial charge is 0.228 e. The molecule has 140 valence electrons. The van der Waals surface area contributed by atoms with E-state index in [2.05, 4.69) is 25.9 Å². The van der Waals surface area contributed by atoms with Crippen molar-refractivity contribution >= 4 is 50.5 Å². The Morgan fingerprint density at radius 1 is 1.18 bits per heavy atom. The average Bonchev–Trinajstić information content (AvgIpc) is 3.11. The zero-order valence-electron chi connectivity index (χ0n) is 14.7. The number of fused-ring (bicyclic) bond motifs is 1. The van der Waals surface area contributed by atoms with Gasteiger partial charge in [-0.2, -0.15) is 0 Å². The molecule has 1 N–H and O–H groups in total. The summed E-state index contributed by atoms with van der Waals surface area (Å²) in [6.07, 6.45) is 1.57. The lowest BCUT2D eigenvalue weighted by molar-refractivity contribution is 0.373. The molecule has 1 aromatic heterocycles. The summed E-state index contributed by atoms with van der Waals surface area (Å²) in [5.74, 6) is 0.847. The molecule has 0 saturated heterocycles. The SMILES string of the molecule is COc1ccc(Br)c(C=Nc2ccc3oc(-c4ccccc4Cl)nc3c2)c1O. The number of nitrogens with zero attached hydrogens (tertiary/aromatic N) is 2. The summed E-state index contributed by atoms with van der Waals surface area (Å²) in [6.45, 7) is 0. The summed E-state index contributed by atoms with van der Waals surface area (Å²) >= 11 is 9.64. The van der Waals surface area contributed by atoms with E-state index in [9.17, 15) is 5.11 Å². The van der Waals surface area contributed by atoms with Gasteiger partial charge in [0.15, 0.2) is 17.1 Å². The Bertz CT molecular complexity index is 1200. The summed E-state index contributed by atoms with van der Waals surface area (Å²) in [5.41, 5.74) is 3.23. The van der Waals surface area contributed by atoms with Crippen molar-refractivity contribution in [3.05, 3.63) is 69.7 Å². The molecular weight excluding hydrogens is 444 g/mol. The molecule has 1 heterocycles. The van der Waals surface area contributed by atoms with Crippen LogP contribution in [0.4, 0.5) is 5.69 Å². The number of hydrogen-bond acceptors (Lipinski definition) is 5. The molecule has 0 saturated carbocycles. The zero-order chi connectivity index (χ0) is 19.7. The van der Waals surface area contributed by atoms with Gasteiger partial charge in [-0.05, 0) is 58.4 Å². The maximum Gasteiger partial charge on any atom is 0.228 e. The number of hydrogen-bond donors (Lipinski definition) is 1. The molecule has 3 aromatic carbocycles. The number of aromatic nitrogens is 1. The Kier molecular flexibility index (Phi) is 5.07. The third-order valence-electron chi connectivity index (χ3n) is 4.16. The van der Waals surface area contributed by atoms with E-state index < -0.39 is 0 Å². The summed E-state index contributed by atoms with van der Waals surface area (Å²) in [6, 6.07) is 16.3. The monoisotopic (exact) mass is 456 g/mol. The van der Waals surface area contributed by atoms with Gasteiger partial charge in [0.1, 0.15) is 5.52 Å². The van der Waals surface area contributed by atoms with E-state index in [4.69, 9.17) is 20.8 Å². The Balaban J connectivity index is 1.70. The minimum Gasteiger partial charge on any atom is -0.504 e. The van der Waals surface area contributed by atoms with Gasteiger partial charge in [0, 0.05) is 10.7 Å². The molecule has 5 nitrogen and oxygen atoms in total. The van der Waals surface area contributed by atoms with Crippen LogP contribution in [0.3, 0.4) is 0 Å². The van der Waals surface area contributed by atoms with Crippen LogP contribution in [0.1, 0.15) is 5.56 Å². The van der Waals surface area contributed by atoms with Gasteiger partial charge in [-0.15, -0.1) is 0 Å². The topological polar surface area (TPSA) is 67.9 Å². The van der Waals surface area contributed by atoms with Crippen LogP contribution in [0.25, 0.3) is 22.6 Å². The van der Waals surface area contributed by atoms with Crippen LogP contribution in [0.2, 0.25) is 5.02 Å². The van der Waals surface area contributed by atoms with E-state index in [0.717, 1.165) is 5.56 Å². The number of phenols is 1. The van der Waals surface area contributed by atoms with E-state index in [1.54, 1.807) is 36.5 Å². The molecular formula is C21H14BrClN2O3. The van der Waals surface area contributed by atoms with Crippen LogP contribution in [-0.2, 0) is 0 Å². The van der Waals surface area contributed by atoms with Crippen LogP contribution < -0.4 is 4.74 Å². The fourth-order valence-electron chi connectivity index (χ4n) is 2.74. The Morgan fingerprint density at radius 3 is 2.79 bits per heavy atom. The third-order valence-corrected chi connectivity index (χ3v) is 5.19. The number of phenolic OH excluding ortho intramolecular Hbond substituents is 1. The largest absolute Gasteiger partial charge is 0.504 e. The van der Waals surface area contributed by atoms with E-state index in [-0.39, 0.29) is 5.75 Å². The molecule has 0 aliphatic heterocycles. The molecule has 0 spiro atoms. The maximum absolute atomic E-state index is 10.3. The molecule has 0 unspecified atom stereocenters. The molecule has 0 aliphatic rings. The number of methoxy groups -OCH3 is 1. The number of halogens is 2. The second-order valence-electron chi connectivity index (χ2n) is 5.92. The first-order chi connectivity index (χ1) is 13.6. The predicted molar refractivity (Wildman–Crippen MR) is 114 cm³/mol. The lowest BCUT2D eigenvalue weighted by atomic mass is 10.2. The van der Waals surface area contributed by atoms with Gasteiger partial charge in [-0.3, -0.25) is 4.99 Å². The number of rotatable bonds is 4. The van der Waals surface area contributed by atoms with Gasteiger partial charge in [-0.1, -0.05) is 23.7 Å². The first kappa shape index (κ1) is 18.5. The standard InChI is InChI=1S/C21H14BrClN2O3/c1-27-19-9-7-15(22)14(20(19)26)11-24-12-6-8-18-17(10-12)25-21(28-18)13-4-2-3-5-16(13)23/h2-11,26H,1H3. The fourth-order valence-corrected chi connectivity index (χ4v) is 3.37. The Hall–Kier alpha value is -2.83. The molecule has 0 atom stereocenters. The fraction of sp³-hybridized carbons (Fsp3) is 0.0476. The van der Waals surface area contributed by atoms with Gasteiger partial charge in [0.05, 0.1) is 28.9 Å². The average molecular weight is 458 g/mol. The van der Waals surface area contributed by atoms with Crippen molar-refractivity contribution in [2.45, 2.75) is 0 Å². The van der Waals surface area contributed by atoms with E-state index >= 15 is 0 Å². The van der Waals surface area contributed by atoms with Crippen molar-refractivity contribution in [3.8, 4) is 23.0 Å². The number of benzene rings is 3. The van der Waals surface area contributed by atoms with Gasteiger partial charge >= 0.3 is 0 Å². The van der Waals surface area contributed by atoms with Gasteiger partial charge < -0.3 is 14.3 Å². The van der Waals surface area contributed by atoms with Gasteiger partial charge in [0.25, 0.3) is 0 Å². The van der Waals surface area contributed by atoms with Crippen molar-refractivity contribution in [1.82, 2.24) is 4.98 Å². The molecule has 0 aliphatic carbocycles.